The Kier molecular flexibility index (Phi) is 5.95. The van der Waals surface area contributed by atoms with Crippen molar-refractivity contribution in [2.45, 2.75) is 25.8 Å². The number of benzene rings is 1. The Bertz CT molecular complexity index is 864. The van der Waals surface area contributed by atoms with Crippen LogP contribution in [0, 0.1) is 13.8 Å². The van der Waals surface area contributed by atoms with Gasteiger partial charge in [0.2, 0.25) is 5.91 Å². The number of aryl methyl sites for hydroxylation is 2. The average Bonchev–Trinajstić information content (AvgIpc) is 2.47. The maximum absolute atomic E-state index is 12.1. The number of amides is 1. The lowest BCUT2D eigenvalue weighted by Gasteiger charge is -2.09. The van der Waals surface area contributed by atoms with Crippen LogP contribution >= 0.6 is 27.7 Å². The predicted octanol–water partition coefficient (Wildman–Crippen LogP) is 3.08. The molecule has 24 heavy (non-hydrogen) atoms. The largest absolute Gasteiger partial charge is 0.346 e. The molecule has 126 valence electrons. The first kappa shape index (κ1) is 18.4. The van der Waals surface area contributed by atoms with E-state index in [4.69, 9.17) is 0 Å². The summed E-state index contributed by atoms with van der Waals surface area (Å²) in [6, 6.07) is 5.49. The SMILES string of the molecule is CC(=O)c1c(SCC(=O)Nc2ccc(Br)c(C)c2)nc(=O)[nH]c1C. The summed E-state index contributed by atoms with van der Waals surface area (Å²) >= 11 is 4.47. The highest BCUT2D eigenvalue weighted by Gasteiger charge is 2.16. The molecule has 0 unspecified atom stereocenters. The van der Waals surface area contributed by atoms with Crippen LogP contribution in [-0.4, -0.2) is 27.4 Å². The van der Waals surface area contributed by atoms with Gasteiger partial charge in [-0.3, -0.25) is 9.59 Å². The van der Waals surface area contributed by atoms with E-state index in [1.54, 1.807) is 13.0 Å². The highest BCUT2D eigenvalue weighted by molar-refractivity contribution is 9.10. The molecule has 0 aliphatic heterocycles. The molecule has 0 aliphatic carbocycles. The van der Waals surface area contributed by atoms with Crippen LogP contribution in [0.2, 0.25) is 0 Å². The van der Waals surface area contributed by atoms with Gasteiger partial charge in [-0.05, 0) is 44.5 Å². The summed E-state index contributed by atoms with van der Waals surface area (Å²) in [6.07, 6.45) is 0. The summed E-state index contributed by atoms with van der Waals surface area (Å²) in [4.78, 5) is 41.6. The molecular formula is C16H16BrN3O3S. The summed E-state index contributed by atoms with van der Waals surface area (Å²) in [7, 11) is 0. The third-order valence-electron chi connectivity index (χ3n) is 3.22. The molecule has 1 aromatic heterocycles. The number of nitrogens with zero attached hydrogens (tertiary/aromatic N) is 1. The second-order valence-corrected chi connectivity index (χ2v) is 7.02. The lowest BCUT2D eigenvalue weighted by molar-refractivity contribution is -0.113. The average molecular weight is 410 g/mol. The maximum atomic E-state index is 12.1. The quantitative estimate of drug-likeness (QED) is 0.449. The van der Waals surface area contributed by atoms with Crippen molar-refractivity contribution in [1.29, 1.82) is 0 Å². The van der Waals surface area contributed by atoms with Crippen LogP contribution < -0.4 is 11.0 Å². The minimum absolute atomic E-state index is 0.0469. The summed E-state index contributed by atoms with van der Waals surface area (Å²) in [5.41, 5.74) is 1.94. The number of carbonyl (C=O) groups excluding carboxylic acids is 2. The van der Waals surface area contributed by atoms with Crippen LogP contribution in [0.4, 0.5) is 5.69 Å². The van der Waals surface area contributed by atoms with Crippen molar-refractivity contribution in [2.75, 3.05) is 11.1 Å². The van der Waals surface area contributed by atoms with Gasteiger partial charge in [0, 0.05) is 15.9 Å². The fraction of sp³-hybridized carbons (Fsp3) is 0.250. The Labute approximate surface area is 151 Å². The zero-order chi connectivity index (χ0) is 17.9. The number of halogens is 1. The van der Waals surface area contributed by atoms with Crippen LogP contribution in [0.25, 0.3) is 0 Å². The number of hydrogen-bond acceptors (Lipinski definition) is 5. The Balaban J connectivity index is 2.10. The Hall–Kier alpha value is -1.93. The van der Waals surface area contributed by atoms with Crippen molar-refractivity contribution < 1.29 is 9.59 Å². The molecule has 0 radical (unpaired) electrons. The monoisotopic (exact) mass is 409 g/mol. The number of nitrogens with one attached hydrogen (secondary N) is 2. The molecule has 2 rings (SSSR count). The molecule has 0 aliphatic rings. The van der Waals surface area contributed by atoms with Gasteiger partial charge in [-0.25, -0.2) is 4.79 Å². The number of ketones is 1. The van der Waals surface area contributed by atoms with Crippen molar-refractivity contribution in [3.05, 3.63) is 50.0 Å². The number of thioether (sulfide) groups is 1. The topological polar surface area (TPSA) is 91.9 Å². The summed E-state index contributed by atoms with van der Waals surface area (Å²) in [6.45, 7) is 4.96. The fourth-order valence-electron chi connectivity index (χ4n) is 2.13. The Morgan fingerprint density at radius 2 is 2.04 bits per heavy atom. The normalized spacial score (nSPS) is 10.5. The minimum Gasteiger partial charge on any atom is -0.325 e. The van der Waals surface area contributed by atoms with Gasteiger partial charge >= 0.3 is 5.69 Å². The third kappa shape index (κ3) is 4.55. The van der Waals surface area contributed by atoms with Gasteiger partial charge in [0.25, 0.3) is 0 Å². The van der Waals surface area contributed by atoms with Crippen LogP contribution in [-0.2, 0) is 4.79 Å². The van der Waals surface area contributed by atoms with E-state index in [1.807, 2.05) is 19.1 Å². The van der Waals surface area contributed by atoms with Crippen molar-refractivity contribution in [1.82, 2.24) is 9.97 Å². The zero-order valence-corrected chi connectivity index (χ0v) is 15.8. The fourth-order valence-corrected chi connectivity index (χ4v) is 3.31. The van der Waals surface area contributed by atoms with Crippen molar-refractivity contribution >= 4 is 45.1 Å². The van der Waals surface area contributed by atoms with E-state index in [0.717, 1.165) is 21.8 Å². The lowest BCUT2D eigenvalue weighted by atomic mass is 10.2. The molecule has 0 saturated carbocycles. The van der Waals surface area contributed by atoms with Crippen molar-refractivity contribution in [2.24, 2.45) is 0 Å². The van der Waals surface area contributed by atoms with E-state index in [9.17, 15) is 14.4 Å². The highest BCUT2D eigenvalue weighted by atomic mass is 79.9. The molecule has 0 atom stereocenters. The first-order chi connectivity index (χ1) is 11.3. The molecule has 0 saturated heterocycles. The first-order valence-corrected chi connectivity index (χ1v) is 8.86. The highest BCUT2D eigenvalue weighted by Crippen LogP contribution is 2.23. The number of aromatic amines is 1. The zero-order valence-electron chi connectivity index (χ0n) is 13.4. The van der Waals surface area contributed by atoms with E-state index >= 15 is 0 Å². The van der Waals surface area contributed by atoms with Gasteiger partial charge in [0.15, 0.2) is 5.78 Å². The van der Waals surface area contributed by atoms with Crippen LogP contribution in [0.3, 0.4) is 0 Å². The molecule has 0 spiro atoms. The van der Waals surface area contributed by atoms with Gasteiger partial charge in [0.1, 0.15) is 5.03 Å². The van der Waals surface area contributed by atoms with Gasteiger partial charge in [-0.1, -0.05) is 27.7 Å². The third-order valence-corrected chi connectivity index (χ3v) is 5.09. The molecule has 0 fully saturated rings. The van der Waals surface area contributed by atoms with Gasteiger partial charge in [-0.15, -0.1) is 0 Å². The summed E-state index contributed by atoms with van der Waals surface area (Å²) < 4.78 is 0.962. The number of carbonyl (C=O) groups is 2. The second-order valence-electron chi connectivity index (χ2n) is 5.20. The molecular weight excluding hydrogens is 394 g/mol. The summed E-state index contributed by atoms with van der Waals surface area (Å²) in [5, 5.41) is 3.05. The molecule has 1 amide bonds. The molecule has 0 bridgehead atoms. The number of hydrogen-bond donors (Lipinski definition) is 2. The number of aromatic nitrogens is 2. The van der Waals surface area contributed by atoms with Gasteiger partial charge in [0.05, 0.1) is 11.3 Å². The van der Waals surface area contributed by atoms with E-state index in [-0.39, 0.29) is 22.5 Å². The van der Waals surface area contributed by atoms with E-state index in [0.29, 0.717) is 16.9 Å². The predicted molar refractivity (Wildman–Crippen MR) is 97.8 cm³/mol. The second kappa shape index (κ2) is 7.76. The molecule has 2 aromatic rings. The van der Waals surface area contributed by atoms with Crippen LogP contribution in [0.15, 0.2) is 32.5 Å². The van der Waals surface area contributed by atoms with E-state index in [1.165, 1.54) is 6.92 Å². The molecule has 6 nitrogen and oxygen atoms in total. The molecule has 1 heterocycles. The number of H-pyrrole nitrogens is 1. The van der Waals surface area contributed by atoms with E-state index in [2.05, 4.69) is 31.2 Å². The Morgan fingerprint density at radius 1 is 1.33 bits per heavy atom. The van der Waals surface area contributed by atoms with E-state index < -0.39 is 5.69 Å². The minimum atomic E-state index is -0.538. The standard InChI is InChI=1S/C16H16BrN3O3S/c1-8-6-11(4-5-12(8)17)19-13(22)7-24-15-14(10(3)21)9(2)18-16(23)20-15/h4-6H,7H2,1-3H3,(H,19,22)(H,18,20,23). The Morgan fingerprint density at radius 3 is 2.67 bits per heavy atom. The van der Waals surface area contributed by atoms with Crippen LogP contribution in [0.5, 0.6) is 0 Å². The van der Waals surface area contributed by atoms with Crippen LogP contribution in [0.1, 0.15) is 28.5 Å². The molecule has 1 aromatic carbocycles. The first-order valence-electron chi connectivity index (χ1n) is 7.08. The summed E-state index contributed by atoms with van der Waals surface area (Å²) in [5.74, 6) is -0.399. The molecule has 2 N–H and O–H groups in total. The maximum Gasteiger partial charge on any atom is 0.346 e. The van der Waals surface area contributed by atoms with Gasteiger partial charge < -0.3 is 10.3 Å². The number of rotatable bonds is 5. The number of anilines is 1. The number of Topliss-reactive ketones (excluding diaryl/α,β-unsaturated/α-hetero) is 1. The van der Waals surface area contributed by atoms with Crippen molar-refractivity contribution in [3.63, 3.8) is 0 Å². The molecule has 8 heteroatoms. The lowest BCUT2D eigenvalue weighted by Crippen LogP contribution is -2.19. The van der Waals surface area contributed by atoms with Crippen molar-refractivity contribution in [3.8, 4) is 0 Å². The smallest absolute Gasteiger partial charge is 0.325 e. The van der Waals surface area contributed by atoms with Gasteiger partial charge in [-0.2, -0.15) is 4.98 Å².